The van der Waals surface area contributed by atoms with Crippen LogP contribution in [0.15, 0.2) is 12.1 Å². The predicted octanol–water partition coefficient (Wildman–Crippen LogP) is 0.922. The highest BCUT2D eigenvalue weighted by molar-refractivity contribution is 5.95. The van der Waals surface area contributed by atoms with Gasteiger partial charge in [0.1, 0.15) is 5.75 Å². The van der Waals surface area contributed by atoms with Crippen molar-refractivity contribution in [2.75, 3.05) is 19.6 Å². The van der Waals surface area contributed by atoms with Crippen molar-refractivity contribution in [3.8, 4) is 5.75 Å². The molecule has 0 fully saturated rings. The molecule has 1 aliphatic rings. The first-order valence-electron chi connectivity index (χ1n) is 4.43. The highest BCUT2D eigenvalue weighted by Gasteiger charge is 2.17. The van der Waals surface area contributed by atoms with Gasteiger partial charge >= 0.3 is 5.97 Å². The van der Waals surface area contributed by atoms with Crippen molar-refractivity contribution in [3.63, 3.8) is 0 Å². The number of fused-ring (bicyclic) bond motifs is 1. The van der Waals surface area contributed by atoms with Gasteiger partial charge < -0.3 is 19.9 Å². The summed E-state index contributed by atoms with van der Waals surface area (Å²) in [7, 11) is 1.31. The highest BCUT2D eigenvalue weighted by atomic mass is 16.7. The predicted molar refractivity (Wildman–Crippen MR) is 52.5 cm³/mol. The first kappa shape index (κ1) is 9.79. The number of ether oxygens (including phenoxy) is 3. The molecular weight excluding hydrogens is 198 g/mol. The molecule has 0 atom stereocenters. The summed E-state index contributed by atoms with van der Waals surface area (Å²) in [4.78, 5) is 11.3. The number of methoxy groups -OCH3 is 1. The number of nitrogen functional groups attached to an aromatic ring is 1. The first-order valence-corrected chi connectivity index (χ1v) is 4.43. The summed E-state index contributed by atoms with van der Waals surface area (Å²) in [6.07, 6.45) is 0. The van der Waals surface area contributed by atoms with Crippen LogP contribution in [0.3, 0.4) is 0 Å². The molecule has 0 aliphatic carbocycles. The van der Waals surface area contributed by atoms with E-state index in [1.54, 1.807) is 12.1 Å². The number of hydrogen-bond acceptors (Lipinski definition) is 5. The Kier molecular flexibility index (Phi) is 2.47. The van der Waals surface area contributed by atoms with Gasteiger partial charge in [-0.3, -0.25) is 0 Å². The summed E-state index contributed by atoms with van der Waals surface area (Å²) in [5.74, 6) is 0.154. The molecular formula is C10H11NO4. The molecule has 0 unspecified atom stereocenters. The van der Waals surface area contributed by atoms with E-state index in [-0.39, 0.29) is 6.79 Å². The highest BCUT2D eigenvalue weighted by Crippen LogP contribution is 2.29. The number of nitrogens with two attached hydrogens (primary N) is 1. The zero-order valence-corrected chi connectivity index (χ0v) is 8.28. The maximum atomic E-state index is 11.3. The summed E-state index contributed by atoms with van der Waals surface area (Å²) in [6.45, 7) is 0.637. The Morgan fingerprint density at radius 3 is 3.07 bits per heavy atom. The van der Waals surface area contributed by atoms with Crippen molar-refractivity contribution < 1.29 is 19.0 Å². The Morgan fingerprint density at radius 2 is 2.33 bits per heavy atom. The standard InChI is InChI=1S/C10H11NO4/c1-13-10(12)7-3-9-6(2-8(7)11)4-14-5-15-9/h2-3H,4-5,11H2,1H3. The van der Waals surface area contributed by atoms with Crippen LogP contribution < -0.4 is 10.5 Å². The van der Waals surface area contributed by atoms with Crippen molar-refractivity contribution in [2.45, 2.75) is 6.61 Å². The molecule has 2 N–H and O–H groups in total. The van der Waals surface area contributed by atoms with Gasteiger partial charge in [-0.15, -0.1) is 0 Å². The zero-order chi connectivity index (χ0) is 10.8. The van der Waals surface area contributed by atoms with E-state index in [9.17, 15) is 4.79 Å². The fourth-order valence-electron chi connectivity index (χ4n) is 1.43. The van der Waals surface area contributed by atoms with Gasteiger partial charge in [0.25, 0.3) is 0 Å². The number of hydrogen-bond donors (Lipinski definition) is 1. The summed E-state index contributed by atoms with van der Waals surface area (Å²) in [5, 5.41) is 0. The van der Waals surface area contributed by atoms with Crippen molar-refractivity contribution >= 4 is 11.7 Å². The third kappa shape index (κ3) is 1.73. The van der Waals surface area contributed by atoms with Crippen LogP contribution >= 0.6 is 0 Å². The lowest BCUT2D eigenvalue weighted by Crippen LogP contribution is -2.14. The van der Waals surface area contributed by atoms with Crippen LogP contribution in [0.25, 0.3) is 0 Å². The average molecular weight is 209 g/mol. The second-order valence-electron chi connectivity index (χ2n) is 3.15. The lowest BCUT2D eigenvalue weighted by atomic mass is 10.1. The quantitative estimate of drug-likeness (QED) is 0.550. The van der Waals surface area contributed by atoms with E-state index in [4.69, 9.17) is 15.2 Å². The normalized spacial score (nSPS) is 13.9. The molecule has 5 nitrogen and oxygen atoms in total. The van der Waals surface area contributed by atoms with Crippen molar-refractivity contribution in [1.82, 2.24) is 0 Å². The van der Waals surface area contributed by atoms with Crippen molar-refractivity contribution in [1.29, 1.82) is 0 Å². The number of carbonyl (C=O) groups is 1. The minimum absolute atomic E-state index is 0.192. The van der Waals surface area contributed by atoms with Gasteiger partial charge in [0.15, 0.2) is 6.79 Å². The van der Waals surface area contributed by atoms with Crippen LogP contribution in [0.1, 0.15) is 15.9 Å². The molecule has 0 aromatic heterocycles. The SMILES string of the molecule is COC(=O)c1cc2c(cc1N)COCO2. The van der Waals surface area contributed by atoms with E-state index >= 15 is 0 Å². The molecule has 1 aromatic carbocycles. The summed E-state index contributed by atoms with van der Waals surface area (Å²) in [6, 6.07) is 3.25. The maximum Gasteiger partial charge on any atom is 0.340 e. The topological polar surface area (TPSA) is 70.8 Å². The summed E-state index contributed by atoms with van der Waals surface area (Å²) in [5.41, 5.74) is 7.24. The molecule has 15 heavy (non-hydrogen) atoms. The first-order chi connectivity index (χ1) is 7.22. The Bertz CT molecular complexity index is 403. The Balaban J connectivity index is 2.44. The van der Waals surface area contributed by atoms with Gasteiger partial charge in [-0.05, 0) is 12.1 Å². The molecule has 0 radical (unpaired) electrons. The number of rotatable bonds is 1. The lowest BCUT2D eigenvalue weighted by Gasteiger charge is -2.18. The smallest absolute Gasteiger partial charge is 0.340 e. The molecule has 0 saturated carbocycles. The van der Waals surface area contributed by atoms with E-state index in [1.807, 2.05) is 0 Å². The summed E-state index contributed by atoms with van der Waals surface area (Å²) >= 11 is 0. The molecule has 80 valence electrons. The second-order valence-corrected chi connectivity index (χ2v) is 3.15. The van der Waals surface area contributed by atoms with Crippen LogP contribution in [-0.4, -0.2) is 19.9 Å². The zero-order valence-electron chi connectivity index (χ0n) is 8.28. The van der Waals surface area contributed by atoms with E-state index in [0.717, 1.165) is 5.56 Å². The number of anilines is 1. The summed E-state index contributed by atoms with van der Waals surface area (Å²) < 4.78 is 14.9. The molecule has 1 heterocycles. The number of esters is 1. The number of carbonyl (C=O) groups excluding carboxylic acids is 1. The fraction of sp³-hybridized carbons (Fsp3) is 0.300. The molecule has 0 saturated heterocycles. The van der Waals surface area contributed by atoms with Crippen LogP contribution in [0.5, 0.6) is 5.75 Å². The van der Waals surface area contributed by atoms with Gasteiger partial charge in [0, 0.05) is 11.3 Å². The van der Waals surface area contributed by atoms with Crippen LogP contribution in [0.4, 0.5) is 5.69 Å². The molecule has 0 amide bonds. The second kappa shape index (κ2) is 3.78. The van der Waals surface area contributed by atoms with Gasteiger partial charge in [0.2, 0.25) is 0 Å². The monoisotopic (exact) mass is 209 g/mol. The molecule has 1 aromatic rings. The number of benzene rings is 1. The van der Waals surface area contributed by atoms with E-state index in [0.29, 0.717) is 23.6 Å². The molecule has 2 rings (SSSR count). The maximum absolute atomic E-state index is 11.3. The third-order valence-electron chi connectivity index (χ3n) is 2.19. The van der Waals surface area contributed by atoms with Crippen LogP contribution in [-0.2, 0) is 16.1 Å². The van der Waals surface area contributed by atoms with E-state index in [2.05, 4.69) is 4.74 Å². The molecule has 1 aliphatic heterocycles. The minimum atomic E-state index is -0.467. The van der Waals surface area contributed by atoms with Crippen molar-refractivity contribution in [3.05, 3.63) is 23.3 Å². The van der Waals surface area contributed by atoms with E-state index in [1.165, 1.54) is 7.11 Å². The Hall–Kier alpha value is -1.75. The average Bonchev–Trinajstić information content (AvgIpc) is 2.27. The van der Waals surface area contributed by atoms with E-state index < -0.39 is 5.97 Å². The van der Waals surface area contributed by atoms with Gasteiger partial charge in [0.05, 0.1) is 19.3 Å². The Labute approximate surface area is 86.7 Å². The van der Waals surface area contributed by atoms with Gasteiger partial charge in [-0.2, -0.15) is 0 Å². The van der Waals surface area contributed by atoms with Gasteiger partial charge in [-0.25, -0.2) is 4.79 Å². The van der Waals surface area contributed by atoms with Gasteiger partial charge in [-0.1, -0.05) is 0 Å². The van der Waals surface area contributed by atoms with Crippen molar-refractivity contribution in [2.24, 2.45) is 0 Å². The Morgan fingerprint density at radius 1 is 1.53 bits per heavy atom. The lowest BCUT2D eigenvalue weighted by molar-refractivity contribution is -0.0164. The minimum Gasteiger partial charge on any atom is -0.467 e. The molecule has 0 bridgehead atoms. The largest absolute Gasteiger partial charge is 0.467 e. The van der Waals surface area contributed by atoms with Crippen LogP contribution in [0, 0.1) is 0 Å². The third-order valence-corrected chi connectivity index (χ3v) is 2.19. The van der Waals surface area contributed by atoms with Crippen LogP contribution in [0.2, 0.25) is 0 Å². The molecule has 5 heteroatoms. The fourth-order valence-corrected chi connectivity index (χ4v) is 1.43. The molecule has 0 spiro atoms.